The minimum absolute atomic E-state index is 0.0269. The smallest absolute Gasteiger partial charge is 0.142 e. The number of aromatic hydroxyl groups is 2. The molecule has 3 rings (SSSR count). The van der Waals surface area contributed by atoms with Crippen LogP contribution in [0.25, 0.3) is 0 Å². The van der Waals surface area contributed by atoms with Gasteiger partial charge in [0.1, 0.15) is 17.2 Å². The van der Waals surface area contributed by atoms with E-state index in [1.54, 1.807) is 0 Å². The van der Waals surface area contributed by atoms with E-state index in [0.29, 0.717) is 18.1 Å². The molecule has 0 aliphatic rings. The maximum Gasteiger partial charge on any atom is 0.142 e. The van der Waals surface area contributed by atoms with E-state index in [4.69, 9.17) is 4.74 Å². The van der Waals surface area contributed by atoms with Crippen molar-refractivity contribution >= 4 is 90.4 Å². The van der Waals surface area contributed by atoms with E-state index in [0.717, 1.165) is 36.7 Å². The highest BCUT2D eigenvalue weighted by atomic mass is 127. The molecule has 0 aliphatic carbocycles. The minimum atomic E-state index is -0.0269. The summed E-state index contributed by atoms with van der Waals surface area (Å²) in [7, 11) is 0. The Morgan fingerprint density at radius 2 is 1.11 bits per heavy atom. The Morgan fingerprint density at radius 1 is 0.714 bits per heavy atom. The molecule has 0 unspecified atom stereocenters. The maximum atomic E-state index is 10.2. The van der Waals surface area contributed by atoms with Crippen molar-refractivity contribution in [2.24, 2.45) is 0 Å². The van der Waals surface area contributed by atoms with Gasteiger partial charge in [-0.2, -0.15) is 0 Å². The number of hydrogen-bond acceptors (Lipinski definition) is 3. The van der Waals surface area contributed by atoms with Crippen molar-refractivity contribution in [1.29, 1.82) is 0 Å². The normalized spacial score (nSPS) is 11.1. The molecule has 0 atom stereocenters. The van der Waals surface area contributed by atoms with Gasteiger partial charge in [0.05, 0.1) is 20.9 Å². The van der Waals surface area contributed by atoms with Gasteiger partial charge in [-0.1, -0.05) is 12.1 Å². The summed E-state index contributed by atoms with van der Waals surface area (Å²) in [6.45, 7) is 2.60. The van der Waals surface area contributed by atoms with E-state index in [-0.39, 0.29) is 5.92 Å². The predicted octanol–water partition coefficient (Wildman–Crippen LogP) is 7.10. The second-order valence-corrected chi connectivity index (χ2v) is 10.8. The van der Waals surface area contributed by atoms with Crippen LogP contribution in [-0.2, 0) is 0 Å². The zero-order chi connectivity index (χ0) is 20.4. The van der Waals surface area contributed by atoms with Crippen LogP contribution in [0.4, 0.5) is 0 Å². The first kappa shape index (κ1) is 22.7. The molecule has 0 saturated carbocycles. The molecular weight excluding hydrogens is 808 g/mol. The average molecular weight is 824 g/mol. The summed E-state index contributed by atoms with van der Waals surface area (Å²) in [5.74, 6) is 1.44. The van der Waals surface area contributed by atoms with Crippen LogP contribution in [0.5, 0.6) is 17.2 Å². The third-order valence-corrected chi connectivity index (χ3v) is 7.56. The van der Waals surface area contributed by atoms with E-state index in [1.165, 1.54) is 0 Å². The van der Waals surface area contributed by atoms with Crippen LogP contribution in [0.1, 0.15) is 29.5 Å². The van der Waals surface area contributed by atoms with Gasteiger partial charge in [0.15, 0.2) is 0 Å². The Kier molecular flexibility index (Phi) is 7.98. The molecule has 0 bridgehead atoms. The van der Waals surface area contributed by atoms with Crippen molar-refractivity contribution in [3.8, 4) is 17.2 Å². The van der Waals surface area contributed by atoms with Crippen LogP contribution in [-0.4, -0.2) is 16.8 Å². The van der Waals surface area contributed by atoms with Gasteiger partial charge in [-0.25, -0.2) is 0 Å². The van der Waals surface area contributed by atoms with Crippen molar-refractivity contribution in [3.05, 3.63) is 79.5 Å². The molecule has 2 N–H and O–H groups in total. The Labute approximate surface area is 218 Å². The van der Waals surface area contributed by atoms with Crippen LogP contribution in [0.15, 0.2) is 48.5 Å². The fraction of sp³-hybridized carbons (Fsp3) is 0.143. The van der Waals surface area contributed by atoms with Crippen LogP contribution < -0.4 is 4.74 Å². The minimum Gasteiger partial charge on any atom is -0.506 e. The molecule has 0 heterocycles. The summed E-state index contributed by atoms with van der Waals surface area (Å²) in [4.78, 5) is 0. The Bertz CT molecular complexity index is 900. The second-order valence-electron chi connectivity index (χ2n) is 6.10. The molecule has 0 fully saturated rings. The second kappa shape index (κ2) is 9.86. The molecule has 0 amide bonds. The SMILES string of the molecule is CCOc1ccc(C(c2cc(I)c(O)c(I)c2)c2cc(I)c(O)c(I)c2)cc1. The van der Waals surface area contributed by atoms with Crippen molar-refractivity contribution in [2.45, 2.75) is 12.8 Å². The predicted molar refractivity (Wildman–Crippen MR) is 146 cm³/mol. The van der Waals surface area contributed by atoms with Crippen LogP contribution in [0, 0.1) is 14.3 Å². The Hall–Kier alpha value is -0.0200. The summed E-state index contributed by atoms with van der Waals surface area (Å²) in [6, 6.07) is 16.2. The van der Waals surface area contributed by atoms with Gasteiger partial charge in [0.25, 0.3) is 0 Å². The molecule has 3 aromatic carbocycles. The van der Waals surface area contributed by atoms with Crippen molar-refractivity contribution in [3.63, 3.8) is 0 Å². The third kappa shape index (κ3) is 4.99. The molecule has 0 spiro atoms. The molecule has 3 nitrogen and oxygen atoms in total. The van der Waals surface area contributed by atoms with Crippen molar-refractivity contribution in [1.82, 2.24) is 0 Å². The lowest BCUT2D eigenvalue weighted by atomic mass is 9.85. The molecule has 0 radical (unpaired) electrons. The fourth-order valence-corrected chi connectivity index (χ4v) is 6.64. The summed E-state index contributed by atoms with van der Waals surface area (Å²) < 4.78 is 8.86. The monoisotopic (exact) mass is 824 g/mol. The highest BCUT2D eigenvalue weighted by Crippen LogP contribution is 2.40. The third-order valence-electron chi connectivity index (χ3n) is 4.27. The van der Waals surface area contributed by atoms with E-state index in [9.17, 15) is 10.2 Å². The van der Waals surface area contributed by atoms with Gasteiger partial charge >= 0.3 is 0 Å². The summed E-state index contributed by atoms with van der Waals surface area (Å²) in [5.41, 5.74) is 3.30. The van der Waals surface area contributed by atoms with E-state index >= 15 is 0 Å². The molecule has 0 aliphatic heterocycles. The molecule has 28 heavy (non-hydrogen) atoms. The van der Waals surface area contributed by atoms with Gasteiger partial charge in [-0.05, 0) is 150 Å². The molecule has 0 aromatic heterocycles. The number of phenolic OH excluding ortho intramolecular Hbond substituents is 2. The molecule has 0 saturated heterocycles. The lowest BCUT2D eigenvalue weighted by molar-refractivity contribution is 0.340. The topological polar surface area (TPSA) is 49.7 Å². The first-order chi connectivity index (χ1) is 13.3. The van der Waals surface area contributed by atoms with E-state index < -0.39 is 0 Å². The van der Waals surface area contributed by atoms with Gasteiger partial charge in [-0.3, -0.25) is 0 Å². The Morgan fingerprint density at radius 3 is 1.46 bits per heavy atom. The van der Waals surface area contributed by atoms with E-state index in [2.05, 4.69) is 102 Å². The molecular formula is C21H16I4O3. The highest BCUT2D eigenvalue weighted by Gasteiger charge is 2.21. The number of benzene rings is 3. The standard InChI is InChI=1S/C21H16I4O3/c1-2-28-14-5-3-11(4-6-14)19(12-7-15(22)20(26)16(23)8-12)13-9-17(24)21(27)18(25)10-13/h3-10,19,26-27H,2H2,1H3. The Balaban J connectivity index is 2.19. The maximum absolute atomic E-state index is 10.2. The zero-order valence-electron chi connectivity index (χ0n) is 14.7. The van der Waals surface area contributed by atoms with E-state index in [1.807, 2.05) is 43.3 Å². The molecule has 3 aromatic rings. The first-order valence-electron chi connectivity index (χ1n) is 8.40. The van der Waals surface area contributed by atoms with Crippen LogP contribution in [0.3, 0.4) is 0 Å². The summed E-state index contributed by atoms with van der Waals surface area (Å²) in [6.07, 6.45) is 0. The van der Waals surface area contributed by atoms with Crippen LogP contribution >= 0.6 is 90.4 Å². The zero-order valence-corrected chi connectivity index (χ0v) is 23.3. The lowest BCUT2D eigenvalue weighted by Gasteiger charge is -2.21. The van der Waals surface area contributed by atoms with Gasteiger partial charge in [0, 0.05) is 5.92 Å². The number of hydrogen-bond donors (Lipinski definition) is 2. The van der Waals surface area contributed by atoms with Crippen LogP contribution in [0.2, 0.25) is 0 Å². The quantitative estimate of drug-likeness (QED) is 0.214. The summed E-state index contributed by atoms with van der Waals surface area (Å²) in [5, 5.41) is 20.4. The largest absolute Gasteiger partial charge is 0.506 e. The highest BCUT2D eigenvalue weighted by molar-refractivity contribution is 14.1. The number of phenols is 2. The lowest BCUT2D eigenvalue weighted by Crippen LogP contribution is -2.06. The van der Waals surface area contributed by atoms with Gasteiger partial charge < -0.3 is 14.9 Å². The number of rotatable bonds is 5. The van der Waals surface area contributed by atoms with Crippen molar-refractivity contribution in [2.75, 3.05) is 6.61 Å². The van der Waals surface area contributed by atoms with Gasteiger partial charge in [-0.15, -0.1) is 0 Å². The molecule has 7 heteroatoms. The first-order valence-corrected chi connectivity index (χ1v) is 12.7. The number of halogens is 4. The number of ether oxygens (including phenoxy) is 1. The van der Waals surface area contributed by atoms with Crippen molar-refractivity contribution < 1.29 is 14.9 Å². The van der Waals surface area contributed by atoms with Gasteiger partial charge in [0.2, 0.25) is 0 Å². The molecule has 146 valence electrons. The average Bonchev–Trinajstić information content (AvgIpc) is 2.66. The fourth-order valence-electron chi connectivity index (χ4n) is 3.00. The summed E-state index contributed by atoms with van der Waals surface area (Å²) >= 11 is 8.66.